The molecule has 0 N–H and O–H groups in total. The fraction of sp³-hybridized carbons (Fsp3) is 0.385. The highest BCUT2D eigenvalue weighted by Gasteiger charge is 2.21. The summed E-state index contributed by atoms with van der Waals surface area (Å²) in [5.41, 5.74) is 0.270. The van der Waals surface area contributed by atoms with E-state index in [9.17, 15) is 9.59 Å². The Morgan fingerprint density at radius 2 is 2.17 bits per heavy atom. The average molecular weight is 250 g/mol. The number of benzene rings is 1. The molecule has 1 aliphatic rings. The summed E-state index contributed by atoms with van der Waals surface area (Å²) in [4.78, 5) is 23.0. The van der Waals surface area contributed by atoms with Gasteiger partial charge in [-0.2, -0.15) is 0 Å². The Morgan fingerprint density at radius 1 is 1.39 bits per heavy atom. The maximum absolute atomic E-state index is 11.7. The third-order valence-electron chi connectivity index (χ3n) is 2.47. The molecule has 5 nitrogen and oxygen atoms in total. The topological polar surface area (TPSA) is 61.8 Å². The molecule has 5 heteroatoms. The van der Waals surface area contributed by atoms with Crippen LogP contribution in [0.2, 0.25) is 0 Å². The van der Waals surface area contributed by atoms with Gasteiger partial charge in [-0.1, -0.05) is 12.1 Å². The molecule has 0 amide bonds. The molecule has 0 unspecified atom stereocenters. The number of ketones is 1. The molecule has 0 aromatic heterocycles. The molecule has 18 heavy (non-hydrogen) atoms. The number of ether oxygens (including phenoxy) is 3. The van der Waals surface area contributed by atoms with E-state index in [1.165, 1.54) is 6.07 Å². The van der Waals surface area contributed by atoms with E-state index in [2.05, 4.69) is 4.74 Å². The van der Waals surface area contributed by atoms with E-state index >= 15 is 0 Å². The quantitative estimate of drug-likeness (QED) is 0.446. The van der Waals surface area contributed by atoms with Crippen molar-refractivity contribution in [2.75, 3.05) is 19.8 Å². The fourth-order valence-electron chi connectivity index (χ4n) is 1.50. The van der Waals surface area contributed by atoms with Gasteiger partial charge in [-0.3, -0.25) is 4.79 Å². The smallest absolute Gasteiger partial charge is 0.379 e. The van der Waals surface area contributed by atoms with Crippen LogP contribution in [0.1, 0.15) is 17.3 Å². The van der Waals surface area contributed by atoms with Crippen LogP contribution in [0.3, 0.4) is 0 Å². The molecule has 1 aromatic rings. The molecule has 2 rings (SSSR count). The van der Waals surface area contributed by atoms with Crippen molar-refractivity contribution < 1.29 is 23.8 Å². The van der Waals surface area contributed by atoms with Crippen LogP contribution in [-0.2, 0) is 14.3 Å². The summed E-state index contributed by atoms with van der Waals surface area (Å²) in [6, 6.07) is 6.50. The van der Waals surface area contributed by atoms with Crippen molar-refractivity contribution in [3.05, 3.63) is 29.8 Å². The number of Topliss-reactive ketones (excluding diaryl/α,β-unsaturated/α-hetero) is 1. The predicted molar refractivity (Wildman–Crippen MR) is 62.6 cm³/mol. The fourth-order valence-corrected chi connectivity index (χ4v) is 1.50. The Kier molecular flexibility index (Phi) is 3.94. The highest BCUT2D eigenvalue weighted by atomic mass is 16.6. The van der Waals surface area contributed by atoms with Crippen molar-refractivity contribution >= 4 is 11.8 Å². The van der Waals surface area contributed by atoms with Crippen LogP contribution in [0.4, 0.5) is 0 Å². The monoisotopic (exact) mass is 250 g/mol. The van der Waals surface area contributed by atoms with Crippen LogP contribution in [0, 0.1) is 0 Å². The number of carbonyl (C=O) groups excluding carboxylic acids is 2. The van der Waals surface area contributed by atoms with Crippen LogP contribution in [0.15, 0.2) is 24.3 Å². The van der Waals surface area contributed by atoms with Gasteiger partial charge in [0.05, 0.1) is 19.8 Å². The molecule has 1 saturated heterocycles. The third-order valence-corrected chi connectivity index (χ3v) is 2.47. The first-order chi connectivity index (χ1) is 8.70. The summed E-state index contributed by atoms with van der Waals surface area (Å²) < 4.78 is 15.2. The van der Waals surface area contributed by atoms with Crippen molar-refractivity contribution in [1.82, 2.24) is 0 Å². The Bertz CT molecular complexity index is 450. The third kappa shape index (κ3) is 2.87. The first kappa shape index (κ1) is 12.6. The summed E-state index contributed by atoms with van der Waals surface area (Å²) in [6.45, 7) is 2.94. The van der Waals surface area contributed by atoms with Gasteiger partial charge < -0.3 is 14.2 Å². The standard InChI is InChI=1S/C13H14O5/c1-2-17-13(15)12(14)9-4-3-5-10(6-9)18-11-7-16-8-11/h3-6,11H,2,7-8H2,1H3. The molecule has 96 valence electrons. The molecule has 0 spiro atoms. The van der Waals surface area contributed by atoms with Gasteiger partial charge in [-0.25, -0.2) is 4.79 Å². The van der Waals surface area contributed by atoms with Crippen LogP contribution >= 0.6 is 0 Å². The van der Waals surface area contributed by atoms with Gasteiger partial charge in [0.25, 0.3) is 5.78 Å². The van der Waals surface area contributed by atoms with Crippen molar-refractivity contribution in [3.8, 4) is 5.75 Å². The van der Waals surface area contributed by atoms with Crippen molar-refractivity contribution in [3.63, 3.8) is 0 Å². The molecule has 0 atom stereocenters. The molecule has 0 bridgehead atoms. The lowest BCUT2D eigenvalue weighted by atomic mass is 10.1. The van der Waals surface area contributed by atoms with Gasteiger partial charge in [0, 0.05) is 5.56 Å². The summed E-state index contributed by atoms with van der Waals surface area (Å²) in [6.07, 6.45) is 0.0259. The normalized spacial score (nSPS) is 14.7. The SMILES string of the molecule is CCOC(=O)C(=O)c1cccc(OC2COC2)c1. The first-order valence-electron chi connectivity index (χ1n) is 5.76. The van der Waals surface area contributed by atoms with E-state index in [4.69, 9.17) is 9.47 Å². The molecule has 1 heterocycles. The molecule has 0 radical (unpaired) electrons. The Balaban J connectivity index is 2.05. The summed E-state index contributed by atoms with van der Waals surface area (Å²) in [7, 11) is 0. The minimum atomic E-state index is -0.846. The zero-order chi connectivity index (χ0) is 13.0. The van der Waals surface area contributed by atoms with E-state index in [1.54, 1.807) is 25.1 Å². The zero-order valence-electron chi connectivity index (χ0n) is 10.0. The van der Waals surface area contributed by atoms with Gasteiger partial charge in [-0.15, -0.1) is 0 Å². The lowest BCUT2D eigenvalue weighted by molar-refractivity contribution is -0.137. The van der Waals surface area contributed by atoms with Crippen molar-refractivity contribution in [1.29, 1.82) is 0 Å². The maximum Gasteiger partial charge on any atom is 0.379 e. The summed E-state index contributed by atoms with van der Waals surface area (Å²) >= 11 is 0. The number of hydrogen-bond donors (Lipinski definition) is 0. The minimum Gasteiger partial charge on any atom is -0.486 e. The Morgan fingerprint density at radius 3 is 2.78 bits per heavy atom. The number of carbonyl (C=O) groups is 2. The second kappa shape index (κ2) is 5.64. The van der Waals surface area contributed by atoms with Gasteiger partial charge in [-0.05, 0) is 19.1 Å². The molecular formula is C13H14O5. The first-order valence-corrected chi connectivity index (χ1v) is 5.76. The molecule has 0 saturated carbocycles. The van der Waals surface area contributed by atoms with E-state index < -0.39 is 11.8 Å². The van der Waals surface area contributed by atoms with Crippen molar-refractivity contribution in [2.24, 2.45) is 0 Å². The predicted octanol–water partition coefficient (Wildman–Crippen LogP) is 1.21. The van der Waals surface area contributed by atoms with Gasteiger partial charge >= 0.3 is 5.97 Å². The Labute approximate surface area is 105 Å². The van der Waals surface area contributed by atoms with Gasteiger partial charge in [0.15, 0.2) is 0 Å². The highest BCUT2D eigenvalue weighted by molar-refractivity contribution is 6.40. The molecule has 0 aliphatic carbocycles. The second-order valence-corrected chi connectivity index (χ2v) is 3.85. The second-order valence-electron chi connectivity index (χ2n) is 3.85. The summed E-state index contributed by atoms with van der Waals surface area (Å²) in [5, 5.41) is 0. The molecule has 1 aliphatic heterocycles. The van der Waals surface area contributed by atoms with Crippen molar-refractivity contribution in [2.45, 2.75) is 13.0 Å². The lowest BCUT2D eigenvalue weighted by Gasteiger charge is -2.26. The molecule has 1 fully saturated rings. The largest absolute Gasteiger partial charge is 0.486 e. The average Bonchev–Trinajstić information content (AvgIpc) is 2.34. The maximum atomic E-state index is 11.7. The number of hydrogen-bond acceptors (Lipinski definition) is 5. The van der Waals surface area contributed by atoms with E-state index in [0.29, 0.717) is 19.0 Å². The number of esters is 1. The zero-order valence-corrected chi connectivity index (χ0v) is 10.0. The Hall–Kier alpha value is -1.88. The van der Waals surface area contributed by atoms with E-state index in [1.807, 2.05) is 0 Å². The van der Waals surface area contributed by atoms with E-state index in [-0.39, 0.29) is 18.3 Å². The van der Waals surface area contributed by atoms with E-state index in [0.717, 1.165) is 0 Å². The lowest BCUT2D eigenvalue weighted by Crippen LogP contribution is -2.38. The van der Waals surface area contributed by atoms with Crippen LogP contribution < -0.4 is 4.74 Å². The summed E-state index contributed by atoms with van der Waals surface area (Å²) in [5.74, 6) is -0.952. The molecule has 1 aromatic carbocycles. The highest BCUT2D eigenvalue weighted by Crippen LogP contribution is 2.18. The number of rotatable bonds is 5. The van der Waals surface area contributed by atoms with Gasteiger partial charge in [0.2, 0.25) is 0 Å². The van der Waals surface area contributed by atoms with Crippen LogP contribution in [0.25, 0.3) is 0 Å². The molecular weight excluding hydrogens is 236 g/mol. The van der Waals surface area contributed by atoms with Crippen LogP contribution in [-0.4, -0.2) is 37.7 Å². The van der Waals surface area contributed by atoms with Gasteiger partial charge in [0.1, 0.15) is 11.9 Å². The van der Waals surface area contributed by atoms with Crippen LogP contribution in [0.5, 0.6) is 5.75 Å². The minimum absolute atomic E-state index is 0.0259.